The first-order valence-corrected chi connectivity index (χ1v) is 5.77. The summed E-state index contributed by atoms with van der Waals surface area (Å²) in [6, 6.07) is 1.80. The van der Waals surface area contributed by atoms with Gasteiger partial charge >= 0.3 is 6.18 Å². The van der Waals surface area contributed by atoms with Crippen LogP contribution in [0.3, 0.4) is 0 Å². The van der Waals surface area contributed by atoms with Crippen LogP contribution in [0.4, 0.5) is 13.2 Å². The monoisotopic (exact) mass is 277 g/mol. The average Bonchev–Trinajstić information content (AvgIpc) is 2.58. The third-order valence-corrected chi connectivity index (χ3v) is 2.62. The molecule has 0 aliphatic rings. The summed E-state index contributed by atoms with van der Waals surface area (Å²) in [6.45, 7) is 3.96. The predicted octanol–water partition coefficient (Wildman–Crippen LogP) is 3.60. The molecule has 0 fully saturated rings. The van der Waals surface area contributed by atoms with Crippen molar-refractivity contribution in [3.05, 3.63) is 28.7 Å². The van der Waals surface area contributed by atoms with Gasteiger partial charge in [-0.1, -0.05) is 25.4 Å². The highest BCUT2D eigenvalue weighted by atomic mass is 35.5. The van der Waals surface area contributed by atoms with E-state index in [4.69, 9.17) is 11.6 Å². The van der Waals surface area contributed by atoms with E-state index >= 15 is 0 Å². The number of aromatic nitrogens is 3. The molecular weight excluding hydrogens is 267 g/mol. The molecule has 0 aliphatic heterocycles. The molecule has 2 aromatic heterocycles. The molecule has 0 atom stereocenters. The summed E-state index contributed by atoms with van der Waals surface area (Å²) in [4.78, 5) is 4.06. The van der Waals surface area contributed by atoms with Gasteiger partial charge in [0.05, 0.1) is 5.56 Å². The molecule has 0 radical (unpaired) electrons. The molecule has 0 N–H and O–H groups in total. The van der Waals surface area contributed by atoms with Gasteiger partial charge in [-0.2, -0.15) is 13.2 Å². The summed E-state index contributed by atoms with van der Waals surface area (Å²) in [6.07, 6.45) is -3.84. The SMILES string of the molecule is CC(C)Cc1nc2cc(C(F)(F)F)cc(Cl)n2n1. The number of pyridine rings is 1. The van der Waals surface area contributed by atoms with Crippen LogP contribution in [-0.4, -0.2) is 14.6 Å². The van der Waals surface area contributed by atoms with E-state index in [0.717, 1.165) is 12.1 Å². The molecule has 0 aliphatic carbocycles. The topological polar surface area (TPSA) is 30.2 Å². The molecule has 0 unspecified atom stereocenters. The van der Waals surface area contributed by atoms with Crippen LogP contribution < -0.4 is 0 Å². The fraction of sp³-hybridized carbons (Fsp3) is 0.455. The zero-order valence-corrected chi connectivity index (χ0v) is 10.5. The molecule has 0 aromatic carbocycles. The average molecular weight is 278 g/mol. The molecular formula is C11H11ClF3N3. The van der Waals surface area contributed by atoms with Crippen molar-refractivity contribution in [2.24, 2.45) is 5.92 Å². The lowest BCUT2D eigenvalue weighted by Crippen LogP contribution is -2.06. The molecule has 0 spiro atoms. The van der Waals surface area contributed by atoms with Crippen molar-refractivity contribution < 1.29 is 13.2 Å². The van der Waals surface area contributed by atoms with E-state index in [1.165, 1.54) is 4.52 Å². The second-order valence-electron chi connectivity index (χ2n) is 4.46. The number of hydrogen-bond acceptors (Lipinski definition) is 2. The van der Waals surface area contributed by atoms with Gasteiger partial charge in [-0.15, -0.1) is 5.10 Å². The van der Waals surface area contributed by atoms with E-state index in [1.807, 2.05) is 13.8 Å². The van der Waals surface area contributed by atoms with Crippen LogP contribution in [-0.2, 0) is 12.6 Å². The van der Waals surface area contributed by atoms with Gasteiger partial charge in [-0.05, 0) is 18.1 Å². The van der Waals surface area contributed by atoms with Crippen LogP contribution in [0.1, 0.15) is 25.2 Å². The molecule has 98 valence electrons. The number of alkyl halides is 3. The molecule has 0 saturated heterocycles. The van der Waals surface area contributed by atoms with Crippen LogP contribution in [0.25, 0.3) is 5.65 Å². The third-order valence-electron chi connectivity index (χ3n) is 2.36. The Morgan fingerprint density at radius 3 is 2.56 bits per heavy atom. The van der Waals surface area contributed by atoms with Crippen molar-refractivity contribution in [2.75, 3.05) is 0 Å². The number of nitrogens with zero attached hydrogens (tertiary/aromatic N) is 3. The molecule has 7 heteroatoms. The predicted molar refractivity (Wildman–Crippen MR) is 61.5 cm³/mol. The van der Waals surface area contributed by atoms with Crippen molar-refractivity contribution in [2.45, 2.75) is 26.4 Å². The van der Waals surface area contributed by atoms with E-state index in [-0.39, 0.29) is 10.8 Å². The highest BCUT2D eigenvalue weighted by Crippen LogP contribution is 2.31. The van der Waals surface area contributed by atoms with Gasteiger partial charge in [-0.3, -0.25) is 0 Å². The Kier molecular flexibility index (Phi) is 3.23. The Balaban J connectivity index is 2.52. The van der Waals surface area contributed by atoms with Crippen LogP contribution in [0.5, 0.6) is 0 Å². The highest BCUT2D eigenvalue weighted by Gasteiger charge is 2.32. The zero-order chi connectivity index (χ0) is 13.5. The smallest absolute Gasteiger partial charge is 0.212 e. The minimum absolute atomic E-state index is 0.0951. The van der Waals surface area contributed by atoms with Gasteiger partial charge in [0.25, 0.3) is 0 Å². The quantitative estimate of drug-likeness (QED) is 0.785. The number of hydrogen-bond donors (Lipinski definition) is 0. The molecule has 0 bridgehead atoms. The first kappa shape index (κ1) is 13.1. The lowest BCUT2D eigenvalue weighted by molar-refractivity contribution is -0.137. The van der Waals surface area contributed by atoms with Crippen LogP contribution >= 0.6 is 11.6 Å². The molecule has 0 amide bonds. The van der Waals surface area contributed by atoms with Gasteiger partial charge in [0, 0.05) is 6.42 Å². The first-order valence-electron chi connectivity index (χ1n) is 5.40. The van der Waals surface area contributed by atoms with E-state index in [1.54, 1.807) is 0 Å². The van der Waals surface area contributed by atoms with Gasteiger partial charge < -0.3 is 0 Å². The Morgan fingerprint density at radius 2 is 2.00 bits per heavy atom. The molecule has 2 aromatic rings. The lowest BCUT2D eigenvalue weighted by Gasteiger charge is -2.06. The molecule has 18 heavy (non-hydrogen) atoms. The van der Waals surface area contributed by atoms with E-state index in [0.29, 0.717) is 18.2 Å². The van der Waals surface area contributed by atoms with Crippen molar-refractivity contribution in [1.82, 2.24) is 14.6 Å². The number of halogens is 4. The Labute approximate surface area is 107 Å². The van der Waals surface area contributed by atoms with Crippen molar-refractivity contribution >= 4 is 17.2 Å². The lowest BCUT2D eigenvalue weighted by atomic mass is 10.1. The summed E-state index contributed by atoms with van der Waals surface area (Å²) < 4.78 is 39.0. The Hall–Kier alpha value is -1.30. The molecule has 3 nitrogen and oxygen atoms in total. The molecule has 2 rings (SSSR count). The van der Waals surface area contributed by atoms with E-state index in [2.05, 4.69) is 10.1 Å². The van der Waals surface area contributed by atoms with Crippen molar-refractivity contribution in [3.63, 3.8) is 0 Å². The Bertz CT molecular complexity index is 575. The fourth-order valence-electron chi connectivity index (χ4n) is 1.60. The zero-order valence-electron chi connectivity index (χ0n) is 9.79. The standard InChI is InChI=1S/C11H11ClF3N3/c1-6(2)3-9-16-10-5-7(11(13,14)15)4-8(12)18(10)17-9/h4-6H,3H2,1-2H3. The van der Waals surface area contributed by atoms with Gasteiger partial charge in [0.15, 0.2) is 11.5 Å². The minimum atomic E-state index is -4.43. The normalized spacial score (nSPS) is 12.6. The number of rotatable bonds is 2. The van der Waals surface area contributed by atoms with Gasteiger partial charge in [0.2, 0.25) is 0 Å². The second kappa shape index (κ2) is 4.42. The third kappa shape index (κ3) is 2.58. The Morgan fingerprint density at radius 1 is 1.33 bits per heavy atom. The summed E-state index contributed by atoms with van der Waals surface area (Å²) >= 11 is 5.78. The molecule has 2 heterocycles. The summed E-state index contributed by atoms with van der Waals surface area (Å²) in [7, 11) is 0. The molecule has 0 saturated carbocycles. The van der Waals surface area contributed by atoms with Crippen LogP contribution in [0.2, 0.25) is 5.15 Å². The maximum absolute atomic E-state index is 12.6. The largest absolute Gasteiger partial charge is 0.416 e. The fourth-order valence-corrected chi connectivity index (χ4v) is 1.85. The number of fused-ring (bicyclic) bond motifs is 1. The summed E-state index contributed by atoms with van der Waals surface area (Å²) in [5.74, 6) is 0.814. The van der Waals surface area contributed by atoms with Gasteiger partial charge in [0.1, 0.15) is 5.15 Å². The maximum Gasteiger partial charge on any atom is 0.416 e. The summed E-state index contributed by atoms with van der Waals surface area (Å²) in [5, 5.41) is 3.99. The summed E-state index contributed by atoms with van der Waals surface area (Å²) in [5.41, 5.74) is -0.700. The van der Waals surface area contributed by atoms with E-state index < -0.39 is 11.7 Å². The van der Waals surface area contributed by atoms with Gasteiger partial charge in [-0.25, -0.2) is 9.50 Å². The van der Waals surface area contributed by atoms with Crippen molar-refractivity contribution in [3.8, 4) is 0 Å². The second-order valence-corrected chi connectivity index (χ2v) is 4.85. The van der Waals surface area contributed by atoms with Crippen molar-refractivity contribution in [1.29, 1.82) is 0 Å². The van der Waals surface area contributed by atoms with Crippen LogP contribution in [0.15, 0.2) is 12.1 Å². The minimum Gasteiger partial charge on any atom is -0.212 e. The van der Waals surface area contributed by atoms with E-state index in [9.17, 15) is 13.2 Å². The first-order chi connectivity index (χ1) is 8.27. The highest BCUT2D eigenvalue weighted by molar-refractivity contribution is 6.29. The van der Waals surface area contributed by atoms with Crippen LogP contribution in [0, 0.1) is 5.92 Å². The maximum atomic E-state index is 12.6.